The van der Waals surface area contributed by atoms with Crippen LogP contribution in [-0.4, -0.2) is 69.1 Å². The minimum Gasteiger partial charge on any atom is -0.382 e. The molecule has 0 saturated carbocycles. The topological polar surface area (TPSA) is 57.2 Å². The van der Waals surface area contributed by atoms with Crippen molar-refractivity contribution in [2.45, 2.75) is 19.9 Å². The van der Waals surface area contributed by atoms with E-state index in [-0.39, 0.29) is 36.4 Å². The molecule has 25 heavy (non-hydrogen) atoms. The maximum absolute atomic E-state index is 11.8. The van der Waals surface area contributed by atoms with Crippen LogP contribution in [0.2, 0.25) is 0 Å². The number of hydrogen-bond acceptors (Lipinski definition) is 3. The lowest BCUT2D eigenvalue weighted by Gasteiger charge is -2.23. The van der Waals surface area contributed by atoms with Gasteiger partial charge in [0.25, 0.3) is 0 Å². The van der Waals surface area contributed by atoms with E-state index in [1.54, 1.807) is 19.0 Å². The fourth-order valence-electron chi connectivity index (χ4n) is 2.05. The number of guanidine groups is 1. The van der Waals surface area contributed by atoms with Gasteiger partial charge in [0.15, 0.2) is 5.96 Å². The number of nitrogens with one attached hydrogen (secondary N) is 1. The van der Waals surface area contributed by atoms with E-state index in [0.717, 1.165) is 38.7 Å². The first-order chi connectivity index (χ1) is 11.5. The molecule has 1 N–H and O–H groups in total. The van der Waals surface area contributed by atoms with Crippen molar-refractivity contribution in [3.63, 3.8) is 0 Å². The van der Waals surface area contributed by atoms with Gasteiger partial charge in [-0.15, -0.1) is 24.0 Å². The van der Waals surface area contributed by atoms with E-state index in [1.165, 1.54) is 5.56 Å². The number of rotatable bonds is 9. The van der Waals surface area contributed by atoms with Crippen LogP contribution < -0.4 is 5.32 Å². The lowest BCUT2D eigenvalue weighted by Crippen LogP contribution is -2.40. The summed E-state index contributed by atoms with van der Waals surface area (Å²) < 4.78 is 5.35. The molecule has 1 aromatic carbocycles. The maximum Gasteiger partial charge on any atom is 0.243 e. The van der Waals surface area contributed by atoms with Crippen molar-refractivity contribution in [2.75, 3.05) is 47.4 Å². The third kappa shape index (κ3) is 10.3. The van der Waals surface area contributed by atoms with Gasteiger partial charge in [-0.25, -0.2) is 4.99 Å². The Morgan fingerprint density at radius 2 is 1.88 bits per heavy atom. The third-order valence-corrected chi connectivity index (χ3v) is 3.44. The monoisotopic (exact) mass is 462 g/mol. The summed E-state index contributed by atoms with van der Waals surface area (Å²) in [5.41, 5.74) is 1.20. The van der Waals surface area contributed by atoms with E-state index in [0.29, 0.717) is 0 Å². The fourth-order valence-corrected chi connectivity index (χ4v) is 2.05. The Bertz CT molecular complexity index is 509. The van der Waals surface area contributed by atoms with E-state index in [4.69, 9.17) is 4.74 Å². The number of carbonyl (C=O) groups excluding carboxylic acids is 1. The molecule has 0 spiro atoms. The highest BCUT2D eigenvalue weighted by molar-refractivity contribution is 14.0. The number of nitrogens with zero attached hydrogens (tertiary/aromatic N) is 3. The Balaban J connectivity index is 0.00000576. The quantitative estimate of drug-likeness (QED) is 0.265. The first-order valence-corrected chi connectivity index (χ1v) is 8.35. The van der Waals surface area contributed by atoms with Crippen LogP contribution in [0.1, 0.15) is 18.9 Å². The molecule has 0 aliphatic carbocycles. The van der Waals surface area contributed by atoms with Gasteiger partial charge in [0, 0.05) is 47.4 Å². The average molecular weight is 462 g/mol. The van der Waals surface area contributed by atoms with Gasteiger partial charge in [-0.2, -0.15) is 0 Å². The molecule has 0 radical (unpaired) electrons. The number of aliphatic imine (C=N–C) groups is 1. The van der Waals surface area contributed by atoms with Gasteiger partial charge in [0.2, 0.25) is 5.91 Å². The second-order valence-corrected chi connectivity index (χ2v) is 5.75. The van der Waals surface area contributed by atoms with Crippen molar-refractivity contribution in [3.05, 3.63) is 35.9 Å². The molecule has 6 nitrogen and oxygen atoms in total. The third-order valence-electron chi connectivity index (χ3n) is 3.44. The smallest absolute Gasteiger partial charge is 0.243 e. The number of halogens is 1. The molecule has 7 heteroatoms. The molecule has 0 bridgehead atoms. The molecule has 0 aromatic heterocycles. The maximum atomic E-state index is 11.8. The summed E-state index contributed by atoms with van der Waals surface area (Å²) in [7, 11) is 5.45. The highest BCUT2D eigenvalue weighted by Gasteiger charge is 2.09. The van der Waals surface area contributed by atoms with Crippen LogP contribution >= 0.6 is 24.0 Å². The Morgan fingerprint density at radius 1 is 1.20 bits per heavy atom. The second kappa shape index (κ2) is 13.9. The van der Waals surface area contributed by atoms with Crippen LogP contribution in [0.3, 0.4) is 0 Å². The number of ether oxygens (including phenoxy) is 1. The Kier molecular flexibility index (Phi) is 13.1. The molecule has 0 atom stereocenters. The van der Waals surface area contributed by atoms with E-state index >= 15 is 0 Å². The van der Waals surface area contributed by atoms with Crippen LogP contribution in [0, 0.1) is 0 Å². The summed E-state index contributed by atoms with van der Waals surface area (Å²) in [4.78, 5) is 19.8. The molecule has 1 aromatic rings. The van der Waals surface area contributed by atoms with Crippen LogP contribution in [0.4, 0.5) is 0 Å². The summed E-state index contributed by atoms with van der Waals surface area (Å²) in [5, 5.41) is 3.32. The van der Waals surface area contributed by atoms with E-state index in [2.05, 4.69) is 22.4 Å². The zero-order valence-corrected chi connectivity index (χ0v) is 18.0. The zero-order valence-electron chi connectivity index (χ0n) is 15.7. The van der Waals surface area contributed by atoms with E-state index in [1.807, 2.05) is 37.1 Å². The molecule has 0 heterocycles. The summed E-state index contributed by atoms with van der Waals surface area (Å²) in [6.07, 6.45) is 0.896. The average Bonchev–Trinajstić information content (AvgIpc) is 2.57. The molecular formula is C18H31IN4O2. The van der Waals surface area contributed by atoms with Crippen molar-refractivity contribution in [1.29, 1.82) is 0 Å². The lowest BCUT2D eigenvalue weighted by atomic mass is 10.2. The first kappa shape index (κ1) is 23.6. The number of hydrogen-bond donors (Lipinski definition) is 1. The predicted octanol–water partition coefficient (Wildman–Crippen LogP) is 2.20. The summed E-state index contributed by atoms with van der Waals surface area (Å²) in [6.45, 7) is 5.06. The highest BCUT2D eigenvalue weighted by Crippen LogP contribution is 2.03. The molecule has 0 aliphatic rings. The normalized spacial score (nSPS) is 10.8. The van der Waals surface area contributed by atoms with Crippen LogP contribution in [0.5, 0.6) is 0 Å². The van der Waals surface area contributed by atoms with Gasteiger partial charge in [-0.1, -0.05) is 30.3 Å². The number of likely N-dealkylation sites (N-methyl/N-ethyl adjacent to an activating group) is 1. The van der Waals surface area contributed by atoms with Gasteiger partial charge < -0.3 is 19.9 Å². The van der Waals surface area contributed by atoms with Crippen LogP contribution in [0.15, 0.2) is 35.3 Å². The molecule has 0 fully saturated rings. The largest absolute Gasteiger partial charge is 0.382 e. The van der Waals surface area contributed by atoms with Gasteiger partial charge in [0.1, 0.15) is 6.54 Å². The molecule has 142 valence electrons. The molecule has 0 aliphatic heterocycles. The first-order valence-electron chi connectivity index (χ1n) is 8.35. The summed E-state index contributed by atoms with van der Waals surface area (Å²) in [5.74, 6) is 0.710. The number of benzene rings is 1. The van der Waals surface area contributed by atoms with Crippen LogP contribution in [0.25, 0.3) is 0 Å². The van der Waals surface area contributed by atoms with Crippen LogP contribution in [-0.2, 0) is 16.1 Å². The number of amides is 1. The Hall–Kier alpha value is -1.35. The Labute approximate surface area is 168 Å². The summed E-state index contributed by atoms with van der Waals surface area (Å²) in [6, 6.07) is 10.2. The zero-order chi connectivity index (χ0) is 17.8. The second-order valence-electron chi connectivity index (χ2n) is 5.75. The minimum absolute atomic E-state index is 0. The molecule has 0 unspecified atom stereocenters. The summed E-state index contributed by atoms with van der Waals surface area (Å²) >= 11 is 0. The fraction of sp³-hybridized carbons (Fsp3) is 0.556. The molecule has 1 rings (SSSR count). The standard InChI is InChI=1S/C18H30N4O2.HI/c1-5-24-13-9-12-19-18(20-14-17(23)21(2)3)22(4)15-16-10-7-6-8-11-16;/h6-8,10-11H,5,9,12-15H2,1-4H3,(H,19,20);1H. The Morgan fingerprint density at radius 3 is 2.48 bits per heavy atom. The SMILES string of the molecule is CCOCCCNC(=NCC(=O)N(C)C)N(C)Cc1ccccc1.I. The van der Waals surface area contributed by atoms with Crippen molar-refractivity contribution >= 4 is 35.8 Å². The van der Waals surface area contributed by atoms with E-state index < -0.39 is 0 Å². The molecule has 1 amide bonds. The molecule has 0 saturated heterocycles. The van der Waals surface area contributed by atoms with Crippen molar-refractivity contribution < 1.29 is 9.53 Å². The van der Waals surface area contributed by atoms with E-state index in [9.17, 15) is 4.79 Å². The van der Waals surface area contributed by atoms with Gasteiger partial charge in [0.05, 0.1) is 0 Å². The van der Waals surface area contributed by atoms with Gasteiger partial charge in [-0.05, 0) is 18.9 Å². The minimum atomic E-state index is -0.0169. The lowest BCUT2D eigenvalue weighted by molar-refractivity contribution is -0.127. The molecular weight excluding hydrogens is 431 g/mol. The van der Waals surface area contributed by atoms with Gasteiger partial charge >= 0.3 is 0 Å². The van der Waals surface area contributed by atoms with Gasteiger partial charge in [-0.3, -0.25) is 4.79 Å². The van der Waals surface area contributed by atoms with Crippen molar-refractivity contribution in [1.82, 2.24) is 15.1 Å². The van der Waals surface area contributed by atoms with Crippen molar-refractivity contribution in [2.24, 2.45) is 4.99 Å². The van der Waals surface area contributed by atoms with Crippen molar-refractivity contribution in [3.8, 4) is 0 Å². The number of carbonyl (C=O) groups is 1. The highest BCUT2D eigenvalue weighted by atomic mass is 127. The predicted molar refractivity (Wildman–Crippen MR) is 113 cm³/mol.